The number of rotatable bonds is 4. The van der Waals surface area contributed by atoms with Crippen LogP contribution < -0.4 is 15.0 Å². The fraction of sp³-hybridized carbons (Fsp3) is 0.600. The molecule has 0 spiro atoms. The van der Waals surface area contributed by atoms with Crippen LogP contribution in [-0.4, -0.2) is 54.7 Å². The summed E-state index contributed by atoms with van der Waals surface area (Å²) in [6, 6.07) is 1.74. The Morgan fingerprint density at radius 2 is 2.18 bits per heavy atom. The summed E-state index contributed by atoms with van der Waals surface area (Å²) in [4.78, 5) is 2.14. The normalized spacial score (nSPS) is 16.0. The summed E-state index contributed by atoms with van der Waals surface area (Å²) in [7, 11) is 0. The van der Waals surface area contributed by atoms with Crippen molar-refractivity contribution in [3.05, 3.63) is 11.2 Å². The second kappa shape index (κ2) is 6.00. The molecule has 0 aromatic carbocycles. The Hall–Kier alpha value is -1.11. The van der Waals surface area contributed by atoms with Gasteiger partial charge in [-0.1, -0.05) is 11.6 Å². The molecule has 1 aliphatic rings. The first-order valence-electron chi connectivity index (χ1n) is 5.54. The highest BCUT2D eigenvalue weighted by atomic mass is 35.5. The van der Waals surface area contributed by atoms with Crippen molar-refractivity contribution in [2.45, 2.75) is 0 Å². The zero-order chi connectivity index (χ0) is 12.1. The predicted molar refractivity (Wildman–Crippen MR) is 64.7 cm³/mol. The van der Waals surface area contributed by atoms with Gasteiger partial charge in [-0.25, -0.2) is 0 Å². The molecule has 1 aromatic rings. The topological polar surface area (TPSA) is 70.5 Å². The van der Waals surface area contributed by atoms with E-state index in [0.29, 0.717) is 11.0 Å². The van der Waals surface area contributed by atoms with E-state index in [9.17, 15) is 0 Å². The first-order valence-corrected chi connectivity index (χ1v) is 5.91. The van der Waals surface area contributed by atoms with Gasteiger partial charge in [-0.3, -0.25) is 0 Å². The molecule has 2 N–H and O–H groups in total. The average molecular weight is 259 g/mol. The van der Waals surface area contributed by atoms with Gasteiger partial charge in [-0.15, -0.1) is 10.2 Å². The standard InChI is InChI=1S/C10H15ClN4O2/c11-9-7-8(15-3-1-12-2-4-15)10(14-13-9)17-6-5-16/h7,12,16H,1-6H2. The highest BCUT2D eigenvalue weighted by Crippen LogP contribution is 2.27. The lowest BCUT2D eigenvalue weighted by molar-refractivity contribution is 0.195. The van der Waals surface area contributed by atoms with Gasteiger partial charge in [-0.2, -0.15) is 0 Å². The molecule has 94 valence electrons. The Labute approximate surface area is 105 Å². The van der Waals surface area contributed by atoms with Crippen molar-refractivity contribution in [1.82, 2.24) is 15.5 Å². The van der Waals surface area contributed by atoms with Crippen molar-refractivity contribution in [2.75, 3.05) is 44.3 Å². The maximum Gasteiger partial charge on any atom is 0.257 e. The predicted octanol–water partition coefficient (Wildman–Crippen LogP) is -0.0893. The molecule has 1 aromatic heterocycles. The van der Waals surface area contributed by atoms with Gasteiger partial charge in [0.05, 0.1) is 6.61 Å². The summed E-state index contributed by atoms with van der Waals surface area (Å²) in [6.45, 7) is 3.73. The first kappa shape index (κ1) is 12.3. The largest absolute Gasteiger partial charge is 0.473 e. The van der Waals surface area contributed by atoms with Crippen LogP contribution in [0.25, 0.3) is 0 Å². The molecular weight excluding hydrogens is 244 g/mol. The van der Waals surface area contributed by atoms with Crippen molar-refractivity contribution in [1.29, 1.82) is 0 Å². The molecule has 0 atom stereocenters. The lowest BCUT2D eigenvalue weighted by atomic mass is 10.3. The molecule has 2 heterocycles. The van der Waals surface area contributed by atoms with Gasteiger partial charge in [0.15, 0.2) is 5.15 Å². The van der Waals surface area contributed by atoms with Gasteiger partial charge >= 0.3 is 0 Å². The van der Waals surface area contributed by atoms with E-state index in [0.717, 1.165) is 31.9 Å². The number of nitrogens with one attached hydrogen (secondary N) is 1. The average Bonchev–Trinajstić information content (AvgIpc) is 2.38. The van der Waals surface area contributed by atoms with Gasteiger partial charge in [0.2, 0.25) is 0 Å². The molecule has 1 aliphatic heterocycles. The maximum atomic E-state index is 8.76. The number of ether oxygens (including phenoxy) is 1. The summed E-state index contributed by atoms with van der Waals surface area (Å²) in [5.41, 5.74) is 0.833. The number of piperazine rings is 1. The van der Waals surface area contributed by atoms with Crippen LogP contribution in [0.2, 0.25) is 5.15 Å². The van der Waals surface area contributed by atoms with Gasteiger partial charge in [0.1, 0.15) is 12.3 Å². The Kier molecular flexibility index (Phi) is 4.36. The fourth-order valence-electron chi connectivity index (χ4n) is 1.73. The molecule has 6 nitrogen and oxygen atoms in total. The summed E-state index contributed by atoms with van der Waals surface area (Å²) in [6.07, 6.45) is 0. The summed E-state index contributed by atoms with van der Waals surface area (Å²) < 4.78 is 5.35. The first-order chi connectivity index (χ1) is 8.31. The quantitative estimate of drug-likeness (QED) is 0.787. The van der Waals surface area contributed by atoms with E-state index in [1.807, 2.05) is 0 Å². The van der Waals surface area contributed by atoms with Crippen LogP contribution in [0.5, 0.6) is 5.88 Å². The smallest absolute Gasteiger partial charge is 0.257 e. The number of aliphatic hydroxyl groups excluding tert-OH is 1. The monoisotopic (exact) mass is 258 g/mol. The van der Waals surface area contributed by atoms with Crippen LogP contribution in [0.4, 0.5) is 5.69 Å². The number of halogens is 1. The van der Waals surface area contributed by atoms with E-state index < -0.39 is 0 Å². The Bertz CT molecular complexity index is 371. The van der Waals surface area contributed by atoms with Crippen molar-refractivity contribution < 1.29 is 9.84 Å². The molecule has 17 heavy (non-hydrogen) atoms. The molecule has 1 saturated heterocycles. The second-order valence-electron chi connectivity index (χ2n) is 3.67. The second-order valence-corrected chi connectivity index (χ2v) is 4.05. The minimum absolute atomic E-state index is 0.0503. The number of hydrogen-bond acceptors (Lipinski definition) is 6. The number of anilines is 1. The number of aliphatic hydroxyl groups is 1. The lowest BCUT2D eigenvalue weighted by Gasteiger charge is -2.30. The summed E-state index contributed by atoms with van der Waals surface area (Å²) in [5, 5.41) is 20.0. The van der Waals surface area contributed by atoms with E-state index in [2.05, 4.69) is 20.4 Å². The molecule has 0 radical (unpaired) electrons. The van der Waals surface area contributed by atoms with Gasteiger partial charge in [-0.05, 0) is 0 Å². The number of nitrogens with zero attached hydrogens (tertiary/aromatic N) is 3. The van der Waals surface area contributed by atoms with Crippen LogP contribution >= 0.6 is 11.6 Å². The maximum absolute atomic E-state index is 8.76. The molecule has 0 amide bonds. The molecule has 0 saturated carbocycles. The third-order valence-electron chi connectivity index (χ3n) is 2.50. The number of aromatic nitrogens is 2. The molecule has 2 rings (SSSR count). The SMILES string of the molecule is OCCOc1nnc(Cl)cc1N1CCNCC1. The van der Waals surface area contributed by atoms with Gasteiger partial charge in [0.25, 0.3) is 5.88 Å². The molecular formula is C10H15ClN4O2. The van der Waals surface area contributed by atoms with Crippen LogP contribution in [0.15, 0.2) is 6.07 Å². The zero-order valence-electron chi connectivity index (χ0n) is 9.40. The molecule has 1 fully saturated rings. The Balaban J connectivity index is 2.19. The third kappa shape index (κ3) is 3.18. The Morgan fingerprint density at radius 3 is 2.88 bits per heavy atom. The van der Waals surface area contributed by atoms with E-state index in [1.54, 1.807) is 6.07 Å². The van der Waals surface area contributed by atoms with Crippen molar-refractivity contribution in [3.63, 3.8) is 0 Å². The molecule has 0 bridgehead atoms. The Morgan fingerprint density at radius 1 is 1.41 bits per heavy atom. The minimum atomic E-state index is -0.0503. The van der Waals surface area contributed by atoms with E-state index in [4.69, 9.17) is 21.4 Å². The van der Waals surface area contributed by atoms with Gasteiger partial charge in [0, 0.05) is 32.2 Å². The van der Waals surface area contributed by atoms with Crippen molar-refractivity contribution >= 4 is 17.3 Å². The molecule has 7 heteroatoms. The lowest BCUT2D eigenvalue weighted by Crippen LogP contribution is -2.43. The number of hydrogen-bond donors (Lipinski definition) is 2. The van der Waals surface area contributed by atoms with E-state index >= 15 is 0 Å². The molecule has 0 unspecified atom stereocenters. The third-order valence-corrected chi connectivity index (χ3v) is 2.68. The molecule has 0 aliphatic carbocycles. The van der Waals surface area contributed by atoms with Crippen LogP contribution in [0, 0.1) is 0 Å². The van der Waals surface area contributed by atoms with Crippen LogP contribution in [-0.2, 0) is 0 Å². The van der Waals surface area contributed by atoms with Crippen LogP contribution in [0.3, 0.4) is 0 Å². The van der Waals surface area contributed by atoms with E-state index in [-0.39, 0.29) is 13.2 Å². The van der Waals surface area contributed by atoms with Crippen molar-refractivity contribution in [2.24, 2.45) is 0 Å². The van der Waals surface area contributed by atoms with Crippen LogP contribution in [0.1, 0.15) is 0 Å². The van der Waals surface area contributed by atoms with Crippen molar-refractivity contribution in [3.8, 4) is 5.88 Å². The highest BCUT2D eigenvalue weighted by molar-refractivity contribution is 6.29. The fourth-order valence-corrected chi connectivity index (χ4v) is 1.87. The summed E-state index contributed by atoms with van der Waals surface area (Å²) in [5.74, 6) is 0.422. The highest BCUT2D eigenvalue weighted by Gasteiger charge is 2.17. The van der Waals surface area contributed by atoms with Gasteiger partial charge < -0.3 is 20.1 Å². The minimum Gasteiger partial charge on any atom is -0.473 e. The zero-order valence-corrected chi connectivity index (χ0v) is 10.2. The van der Waals surface area contributed by atoms with E-state index in [1.165, 1.54) is 0 Å². The summed E-state index contributed by atoms with van der Waals surface area (Å²) >= 11 is 5.85.